The highest BCUT2D eigenvalue weighted by Crippen LogP contribution is 2.36. The minimum atomic E-state index is 0.689. The summed E-state index contributed by atoms with van der Waals surface area (Å²) in [4.78, 5) is 6.59. The van der Waals surface area contributed by atoms with Gasteiger partial charge in [0.1, 0.15) is 0 Å². The third-order valence-electron chi connectivity index (χ3n) is 3.86. The fourth-order valence-corrected chi connectivity index (χ4v) is 3.71. The van der Waals surface area contributed by atoms with Gasteiger partial charge in [-0.1, -0.05) is 18.7 Å². The van der Waals surface area contributed by atoms with Gasteiger partial charge in [-0.2, -0.15) is 0 Å². The molecule has 1 aromatic carbocycles. The van der Waals surface area contributed by atoms with Crippen molar-refractivity contribution in [3.05, 3.63) is 66.5 Å². The molecule has 1 aliphatic rings. The number of pyridine rings is 1. The van der Waals surface area contributed by atoms with Crippen molar-refractivity contribution in [3.8, 4) is 20.9 Å². The standard InChI is InChI=1S/C18H15N3S/c1-11-16-3-2-12(6-13(16)9-21-11)17-4-5-18(22-17)14-7-15(19)10-20-8-14/h2-8,10,21H,1,9,19H2. The van der Waals surface area contributed by atoms with Gasteiger partial charge in [-0.3, -0.25) is 4.98 Å². The first-order valence-corrected chi connectivity index (χ1v) is 7.89. The largest absolute Gasteiger partial charge is 0.397 e. The Hall–Kier alpha value is -2.59. The number of thiophene rings is 1. The molecule has 0 saturated carbocycles. The zero-order chi connectivity index (χ0) is 15.1. The minimum Gasteiger partial charge on any atom is -0.397 e. The lowest BCUT2D eigenvalue weighted by molar-refractivity contribution is 0.946. The molecule has 22 heavy (non-hydrogen) atoms. The molecule has 3 N–H and O–H groups in total. The van der Waals surface area contributed by atoms with Crippen LogP contribution in [0.1, 0.15) is 11.1 Å². The van der Waals surface area contributed by atoms with E-state index in [1.54, 1.807) is 17.5 Å². The van der Waals surface area contributed by atoms with E-state index in [0.29, 0.717) is 5.69 Å². The number of nitrogens with one attached hydrogen (secondary N) is 1. The first-order chi connectivity index (χ1) is 10.7. The highest BCUT2D eigenvalue weighted by Gasteiger charge is 2.15. The van der Waals surface area contributed by atoms with Crippen molar-refractivity contribution < 1.29 is 0 Å². The van der Waals surface area contributed by atoms with Crippen LogP contribution in [0.15, 0.2) is 55.4 Å². The molecular formula is C18H15N3S. The fraction of sp³-hybridized carbons (Fsp3) is 0.0556. The SMILES string of the molecule is C=C1NCc2cc(-c3ccc(-c4cncc(N)c4)s3)ccc21. The predicted molar refractivity (Wildman–Crippen MR) is 93.3 cm³/mol. The zero-order valence-electron chi connectivity index (χ0n) is 12.0. The quantitative estimate of drug-likeness (QED) is 0.748. The number of aromatic nitrogens is 1. The van der Waals surface area contributed by atoms with E-state index in [-0.39, 0.29) is 0 Å². The van der Waals surface area contributed by atoms with Gasteiger partial charge >= 0.3 is 0 Å². The van der Waals surface area contributed by atoms with Crippen molar-refractivity contribution in [1.29, 1.82) is 0 Å². The Balaban J connectivity index is 1.71. The van der Waals surface area contributed by atoms with Crippen molar-refractivity contribution in [2.45, 2.75) is 6.54 Å². The van der Waals surface area contributed by atoms with Crippen LogP contribution < -0.4 is 11.1 Å². The summed E-state index contributed by atoms with van der Waals surface area (Å²) in [7, 11) is 0. The summed E-state index contributed by atoms with van der Waals surface area (Å²) in [6, 6.07) is 12.8. The number of benzene rings is 1. The van der Waals surface area contributed by atoms with Gasteiger partial charge in [0.25, 0.3) is 0 Å². The third kappa shape index (κ3) is 2.18. The second kappa shape index (κ2) is 5.00. The Morgan fingerprint density at radius 1 is 1.05 bits per heavy atom. The number of anilines is 1. The van der Waals surface area contributed by atoms with Gasteiger partial charge < -0.3 is 11.1 Å². The number of nitrogens with two attached hydrogens (primary N) is 1. The van der Waals surface area contributed by atoms with Crippen LogP contribution in [-0.2, 0) is 6.54 Å². The Labute approximate surface area is 133 Å². The first-order valence-electron chi connectivity index (χ1n) is 7.08. The summed E-state index contributed by atoms with van der Waals surface area (Å²) in [6.07, 6.45) is 3.51. The minimum absolute atomic E-state index is 0.689. The number of rotatable bonds is 2. The summed E-state index contributed by atoms with van der Waals surface area (Å²) in [5.41, 5.74) is 12.4. The number of fused-ring (bicyclic) bond motifs is 1. The maximum atomic E-state index is 5.82. The molecule has 0 radical (unpaired) electrons. The Kier molecular flexibility index (Phi) is 2.98. The molecule has 0 atom stereocenters. The van der Waals surface area contributed by atoms with Gasteiger partial charge in [-0.05, 0) is 35.4 Å². The Morgan fingerprint density at radius 2 is 1.86 bits per heavy atom. The van der Waals surface area contributed by atoms with E-state index in [1.165, 1.54) is 26.4 Å². The zero-order valence-corrected chi connectivity index (χ0v) is 12.8. The number of nitrogen functional groups attached to an aromatic ring is 1. The molecule has 3 aromatic rings. The average Bonchev–Trinajstić information content (AvgIpc) is 3.15. The molecule has 3 nitrogen and oxygen atoms in total. The van der Waals surface area contributed by atoms with Crippen LogP contribution in [0.3, 0.4) is 0 Å². The molecule has 0 bridgehead atoms. The van der Waals surface area contributed by atoms with Crippen LogP contribution in [0.25, 0.3) is 26.6 Å². The van der Waals surface area contributed by atoms with Gasteiger partial charge in [0.2, 0.25) is 0 Å². The molecule has 4 rings (SSSR count). The van der Waals surface area contributed by atoms with E-state index < -0.39 is 0 Å². The summed E-state index contributed by atoms with van der Waals surface area (Å²) >= 11 is 1.76. The van der Waals surface area contributed by atoms with Crippen molar-refractivity contribution in [3.63, 3.8) is 0 Å². The third-order valence-corrected chi connectivity index (χ3v) is 5.04. The van der Waals surface area contributed by atoms with E-state index in [1.807, 2.05) is 12.3 Å². The molecule has 0 aliphatic carbocycles. The van der Waals surface area contributed by atoms with Crippen LogP contribution in [0.5, 0.6) is 0 Å². The van der Waals surface area contributed by atoms with E-state index in [4.69, 9.17) is 5.73 Å². The highest BCUT2D eigenvalue weighted by molar-refractivity contribution is 7.18. The molecule has 0 fully saturated rings. The van der Waals surface area contributed by atoms with Gasteiger partial charge in [0.15, 0.2) is 0 Å². The summed E-state index contributed by atoms with van der Waals surface area (Å²) in [6.45, 7) is 4.88. The van der Waals surface area contributed by atoms with E-state index >= 15 is 0 Å². The summed E-state index contributed by atoms with van der Waals surface area (Å²) in [5, 5.41) is 3.29. The molecule has 4 heteroatoms. The van der Waals surface area contributed by atoms with Gasteiger partial charge in [-0.25, -0.2) is 0 Å². The van der Waals surface area contributed by atoms with Crippen molar-refractivity contribution in [2.75, 3.05) is 5.73 Å². The van der Waals surface area contributed by atoms with E-state index in [2.05, 4.69) is 47.2 Å². The van der Waals surface area contributed by atoms with Crippen LogP contribution in [0.2, 0.25) is 0 Å². The second-order valence-corrected chi connectivity index (χ2v) is 6.46. The normalized spacial score (nSPS) is 13.0. The van der Waals surface area contributed by atoms with Crippen molar-refractivity contribution in [2.24, 2.45) is 0 Å². The van der Waals surface area contributed by atoms with Crippen molar-refractivity contribution in [1.82, 2.24) is 10.3 Å². The lowest BCUT2D eigenvalue weighted by Crippen LogP contribution is -1.98. The lowest BCUT2D eigenvalue weighted by Gasteiger charge is -2.02. The van der Waals surface area contributed by atoms with Gasteiger partial charge in [-0.15, -0.1) is 11.3 Å². The molecule has 108 valence electrons. The molecule has 3 heterocycles. The summed E-state index contributed by atoms with van der Waals surface area (Å²) < 4.78 is 0. The lowest BCUT2D eigenvalue weighted by atomic mass is 10.0. The average molecular weight is 305 g/mol. The molecule has 0 unspecified atom stereocenters. The highest BCUT2D eigenvalue weighted by atomic mass is 32.1. The maximum absolute atomic E-state index is 5.82. The summed E-state index contributed by atoms with van der Waals surface area (Å²) in [5.74, 6) is 0. The predicted octanol–water partition coefficient (Wildman–Crippen LogP) is 4.13. The van der Waals surface area contributed by atoms with Gasteiger partial charge in [0.05, 0.1) is 5.69 Å². The van der Waals surface area contributed by atoms with E-state index in [0.717, 1.165) is 17.8 Å². The number of hydrogen-bond acceptors (Lipinski definition) is 4. The molecule has 0 saturated heterocycles. The molecule has 2 aromatic heterocycles. The topological polar surface area (TPSA) is 50.9 Å². The Bertz CT molecular complexity index is 880. The number of hydrogen-bond donors (Lipinski definition) is 2. The van der Waals surface area contributed by atoms with Gasteiger partial charge in [0, 0.05) is 45.5 Å². The number of nitrogens with zero attached hydrogens (tertiary/aromatic N) is 1. The second-order valence-electron chi connectivity index (χ2n) is 5.37. The first kappa shape index (κ1) is 13.1. The van der Waals surface area contributed by atoms with Crippen molar-refractivity contribution >= 4 is 22.7 Å². The van der Waals surface area contributed by atoms with Crippen LogP contribution in [0, 0.1) is 0 Å². The van der Waals surface area contributed by atoms with Crippen LogP contribution in [0.4, 0.5) is 5.69 Å². The smallest absolute Gasteiger partial charge is 0.0507 e. The molecule has 1 aliphatic heterocycles. The van der Waals surface area contributed by atoms with E-state index in [9.17, 15) is 0 Å². The molecular weight excluding hydrogens is 290 g/mol. The Morgan fingerprint density at radius 3 is 2.68 bits per heavy atom. The van der Waals surface area contributed by atoms with Crippen LogP contribution in [-0.4, -0.2) is 4.98 Å². The molecule has 0 amide bonds. The maximum Gasteiger partial charge on any atom is 0.0507 e. The fourth-order valence-electron chi connectivity index (χ4n) is 2.73. The monoisotopic (exact) mass is 305 g/mol. The molecule has 0 spiro atoms. The van der Waals surface area contributed by atoms with Crippen LogP contribution >= 0.6 is 11.3 Å².